The maximum absolute atomic E-state index is 9.10. The Hall–Kier alpha value is -0.170. The van der Waals surface area contributed by atoms with E-state index in [4.69, 9.17) is 14.0 Å². The summed E-state index contributed by atoms with van der Waals surface area (Å²) >= 11 is 0. The lowest BCUT2D eigenvalue weighted by atomic mass is 13.6. The summed E-state index contributed by atoms with van der Waals surface area (Å²) in [6, 6.07) is 0. The van der Waals surface area contributed by atoms with Gasteiger partial charge in [0.15, 0.2) is 10.9 Å². The molecule has 0 radical (unpaired) electrons. The highest BCUT2D eigenvalue weighted by atomic mass is 32.2. The van der Waals surface area contributed by atoms with Crippen molar-refractivity contribution >= 4 is 10.9 Å². The smallest absolute Gasteiger partial charge is 0.176 e. The van der Waals surface area contributed by atoms with Crippen LogP contribution in [0.3, 0.4) is 0 Å². The van der Waals surface area contributed by atoms with Crippen LogP contribution in [0.1, 0.15) is 0 Å². The fourth-order valence-electron chi connectivity index (χ4n) is 0. The van der Waals surface area contributed by atoms with Gasteiger partial charge in [-0.05, 0) is 0 Å². The largest absolute Gasteiger partial charge is 0.412 e. The van der Waals surface area contributed by atoms with Crippen molar-refractivity contribution in [3.63, 3.8) is 0 Å². The van der Waals surface area contributed by atoms with Crippen molar-refractivity contribution in [2.45, 2.75) is 0 Å². The molecule has 0 bridgehead atoms. The van der Waals surface area contributed by atoms with E-state index < -0.39 is 10.9 Å². The first-order valence-corrected chi connectivity index (χ1v) is 1.95. The number of nitrogens with zero attached hydrogens (tertiary/aromatic N) is 1. The Bertz CT molecular complexity index is 79.5. The van der Waals surface area contributed by atoms with Gasteiger partial charge in [-0.25, -0.2) is 4.21 Å². The van der Waals surface area contributed by atoms with Gasteiger partial charge in [0.05, 0.1) is 0 Å². The SMILES string of the molecule is O.O=[SH](O)=NO. The van der Waals surface area contributed by atoms with Crippen LogP contribution in [-0.2, 0) is 10.9 Å². The van der Waals surface area contributed by atoms with Crippen molar-refractivity contribution in [3.8, 4) is 0 Å². The Balaban J connectivity index is 0. The predicted molar refractivity (Wildman–Crippen MR) is 20.0 cm³/mol. The normalized spacial score (nSPS) is 13.0. The summed E-state index contributed by atoms with van der Waals surface area (Å²) in [5.41, 5.74) is 0. The van der Waals surface area contributed by atoms with Gasteiger partial charge in [0.25, 0.3) is 0 Å². The minimum Gasteiger partial charge on any atom is -0.412 e. The standard InChI is InChI=1S/H3NO3S.H2O/c2-1-5(3)4;/h2,5H,(H,1,3,4);1H2. The topological polar surface area (TPSA) is 101 Å². The van der Waals surface area contributed by atoms with E-state index in [1.165, 1.54) is 0 Å². The molecule has 6 heavy (non-hydrogen) atoms. The van der Waals surface area contributed by atoms with Gasteiger partial charge in [-0.15, -0.1) is 0 Å². The molecule has 4 N–H and O–H groups in total. The average molecular weight is 115 g/mol. The third-order valence-electron chi connectivity index (χ3n) is 0.0765. The maximum atomic E-state index is 9.10. The summed E-state index contributed by atoms with van der Waals surface area (Å²) in [4.78, 5) is 0. The average Bonchev–Trinajstić information content (AvgIpc) is 1.38. The first-order valence-electron chi connectivity index (χ1n) is 0.783. The van der Waals surface area contributed by atoms with Crippen LogP contribution in [0.2, 0.25) is 0 Å². The van der Waals surface area contributed by atoms with E-state index >= 15 is 0 Å². The van der Waals surface area contributed by atoms with Crippen LogP contribution >= 0.6 is 0 Å². The molecule has 6 heteroatoms. The van der Waals surface area contributed by atoms with Gasteiger partial charge >= 0.3 is 0 Å². The number of hydrogen-bond acceptors (Lipinski definition) is 2. The second-order valence-electron chi connectivity index (χ2n) is 0.342. The highest BCUT2D eigenvalue weighted by Crippen LogP contribution is 1.50. The van der Waals surface area contributed by atoms with Gasteiger partial charge in [-0.3, -0.25) is 5.21 Å². The second kappa shape index (κ2) is 4.83. The molecule has 0 spiro atoms. The van der Waals surface area contributed by atoms with Crippen molar-refractivity contribution in [2.75, 3.05) is 0 Å². The van der Waals surface area contributed by atoms with Gasteiger partial charge in [-0.2, -0.15) is 0 Å². The zero-order chi connectivity index (χ0) is 4.28. The van der Waals surface area contributed by atoms with Gasteiger partial charge in [0.1, 0.15) is 0 Å². The summed E-state index contributed by atoms with van der Waals surface area (Å²) in [7, 11) is -2.67. The lowest BCUT2D eigenvalue weighted by molar-refractivity contribution is 0.319. The summed E-state index contributed by atoms with van der Waals surface area (Å²) < 4.78 is 18.5. The summed E-state index contributed by atoms with van der Waals surface area (Å²) in [5, 5.41) is 7.23. The first kappa shape index (κ1) is 9.27. The van der Waals surface area contributed by atoms with Crippen LogP contribution in [0.5, 0.6) is 0 Å². The molecule has 1 atom stereocenters. The van der Waals surface area contributed by atoms with Crippen LogP contribution in [-0.4, -0.2) is 19.4 Å². The zero-order valence-electron chi connectivity index (χ0n) is 2.70. The molecule has 0 aliphatic heterocycles. The Kier molecular flexibility index (Phi) is 7.46. The molecular weight excluding hydrogens is 110 g/mol. The van der Waals surface area contributed by atoms with E-state index in [2.05, 4.69) is 0 Å². The third-order valence-corrected chi connectivity index (χ3v) is 0.230. The minimum atomic E-state index is -2.67. The molecule has 40 valence electrons. The van der Waals surface area contributed by atoms with Crippen LogP contribution in [0.4, 0.5) is 0 Å². The van der Waals surface area contributed by atoms with Crippen LogP contribution in [0.25, 0.3) is 0 Å². The molecule has 0 amide bonds. The second-order valence-corrected chi connectivity index (χ2v) is 1.03. The molecule has 0 heterocycles. The molecule has 0 saturated carbocycles. The van der Waals surface area contributed by atoms with Crippen LogP contribution in [0.15, 0.2) is 4.53 Å². The minimum absolute atomic E-state index is 0. The lowest BCUT2D eigenvalue weighted by Gasteiger charge is -1.59. The van der Waals surface area contributed by atoms with Crippen LogP contribution < -0.4 is 0 Å². The van der Waals surface area contributed by atoms with Crippen molar-refractivity contribution in [2.24, 2.45) is 4.53 Å². The monoisotopic (exact) mass is 115 g/mol. The summed E-state index contributed by atoms with van der Waals surface area (Å²) in [6.07, 6.45) is 0. The summed E-state index contributed by atoms with van der Waals surface area (Å²) in [6.45, 7) is 0. The maximum Gasteiger partial charge on any atom is 0.176 e. The van der Waals surface area contributed by atoms with E-state index in [9.17, 15) is 0 Å². The Morgan fingerprint density at radius 2 is 1.83 bits per heavy atom. The third kappa shape index (κ3) is 9.16. The van der Waals surface area contributed by atoms with Crippen molar-refractivity contribution < 1.29 is 19.4 Å². The molecule has 0 aliphatic rings. The van der Waals surface area contributed by atoms with Crippen LogP contribution in [0, 0.1) is 0 Å². The highest BCUT2D eigenvalue weighted by molar-refractivity contribution is 7.68. The zero-order valence-corrected chi connectivity index (χ0v) is 3.59. The van der Waals surface area contributed by atoms with Gasteiger partial charge in [0.2, 0.25) is 0 Å². The molecule has 5 nitrogen and oxygen atoms in total. The molecule has 1 unspecified atom stereocenters. The highest BCUT2D eigenvalue weighted by Gasteiger charge is 1.51. The Morgan fingerprint density at radius 1 is 1.67 bits per heavy atom. The fraction of sp³-hybridized carbons (Fsp3) is 0. The molecular formula is H5NO4S. The first-order chi connectivity index (χ1) is 2.27. The van der Waals surface area contributed by atoms with E-state index in [0.29, 0.717) is 0 Å². The Morgan fingerprint density at radius 3 is 1.83 bits per heavy atom. The van der Waals surface area contributed by atoms with Gasteiger partial charge in [-0.1, -0.05) is 4.53 Å². The van der Waals surface area contributed by atoms with E-state index in [1.54, 1.807) is 0 Å². The molecule has 0 rings (SSSR count). The number of rotatable bonds is 0. The van der Waals surface area contributed by atoms with E-state index in [-0.39, 0.29) is 5.48 Å². The molecule has 0 aliphatic carbocycles. The number of hydrogen-bond donors (Lipinski definition) is 3. The molecule has 0 aromatic heterocycles. The van der Waals surface area contributed by atoms with E-state index in [1.807, 2.05) is 4.53 Å². The predicted octanol–water partition coefficient (Wildman–Crippen LogP) is -1.31. The molecule has 0 aromatic carbocycles. The quantitative estimate of drug-likeness (QED) is 0.270. The van der Waals surface area contributed by atoms with Crippen molar-refractivity contribution in [3.05, 3.63) is 0 Å². The molecule has 0 saturated heterocycles. The summed E-state index contributed by atoms with van der Waals surface area (Å²) in [5.74, 6) is 0. The molecule has 0 fully saturated rings. The van der Waals surface area contributed by atoms with Gasteiger partial charge < -0.3 is 10.0 Å². The van der Waals surface area contributed by atoms with Crippen molar-refractivity contribution in [1.29, 1.82) is 0 Å². The van der Waals surface area contributed by atoms with Gasteiger partial charge in [0, 0.05) is 0 Å². The number of thiol groups is 1. The molecule has 0 aromatic rings. The lowest BCUT2D eigenvalue weighted by Crippen LogP contribution is -1.62. The van der Waals surface area contributed by atoms with E-state index in [0.717, 1.165) is 0 Å². The Labute approximate surface area is 35.9 Å². The fourth-order valence-corrected chi connectivity index (χ4v) is 0. The van der Waals surface area contributed by atoms with Crippen molar-refractivity contribution in [1.82, 2.24) is 0 Å².